The fraction of sp³-hybridized carbons (Fsp3) is 0.278. The Morgan fingerprint density at radius 2 is 1.82 bits per heavy atom. The molecular formula is C18H17F2NO. The summed E-state index contributed by atoms with van der Waals surface area (Å²) in [4.78, 5) is 12.7. The summed E-state index contributed by atoms with van der Waals surface area (Å²) in [5.74, 6) is -0.939. The summed E-state index contributed by atoms with van der Waals surface area (Å²) in [6.45, 7) is 1.81. The summed E-state index contributed by atoms with van der Waals surface area (Å²) in [6, 6.07) is 10.5. The van der Waals surface area contributed by atoms with Crippen LogP contribution in [0.1, 0.15) is 30.4 Å². The lowest BCUT2D eigenvalue weighted by molar-refractivity contribution is -0.124. The molecule has 0 bridgehead atoms. The minimum Gasteiger partial charge on any atom is -0.325 e. The highest BCUT2D eigenvalue weighted by molar-refractivity contribution is 6.00. The van der Waals surface area contributed by atoms with Crippen LogP contribution in [0.2, 0.25) is 0 Å². The van der Waals surface area contributed by atoms with Gasteiger partial charge in [-0.05, 0) is 55.2 Å². The zero-order chi connectivity index (χ0) is 15.7. The number of aryl methyl sites for hydroxylation is 1. The molecule has 0 spiro atoms. The number of benzene rings is 2. The van der Waals surface area contributed by atoms with E-state index in [9.17, 15) is 13.6 Å². The van der Waals surface area contributed by atoms with E-state index in [1.807, 2.05) is 6.92 Å². The zero-order valence-electron chi connectivity index (χ0n) is 12.3. The maximum Gasteiger partial charge on any atom is 0.235 e. The van der Waals surface area contributed by atoms with Crippen molar-refractivity contribution in [2.24, 2.45) is 0 Å². The summed E-state index contributed by atoms with van der Waals surface area (Å²) < 4.78 is 26.8. The summed E-state index contributed by atoms with van der Waals surface area (Å²) in [5, 5.41) is 2.81. The van der Waals surface area contributed by atoms with Gasteiger partial charge in [-0.2, -0.15) is 0 Å². The van der Waals surface area contributed by atoms with E-state index < -0.39 is 11.2 Å². The first-order chi connectivity index (χ1) is 10.5. The number of halogens is 2. The molecule has 2 aromatic carbocycles. The van der Waals surface area contributed by atoms with Gasteiger partial charge in [-0.1, -0.05) is 24.6 Å². The molecule has 0 saturated heterocycles. The smallest absolute Gasteiger partial charge is 0.235 e. The molecule has 0 atom stereocenters. The number of anilines is 1. The molecule has 22 heavy (non-hydrogen) atoms. The molecule has 1 aliphatic rings. The van der Waals surface area contributed by atoms with Crippen molar-refractivity contribution in [1.82, 2.24) is 0 Å². The molecule has 0 radical (unpaired) electrons. The number of amides is 1. The summed E-state index contributed by atoms with van der Waals surface area (Å²) in [6.07, 6.45) is 2.28. The molecule has 1 saturated carbocycles. The number of rotatable bonds is 3. The minimum atomic E-state index is -0.707. The third-order valence-corrected chi connectivity index (χ3v) is 4.47. The standard InChI is InChI=1S/C18H17F2NO/c1-12-6-7-15(20)11-16(12)21-17(22)18(8-3-9-18)13-4-2-5-14(19)10-13/h2,4-7,10-11H,3,8-9H2,1H3,(H,21,22). The highest BCUT2D eigenvalue weighted by Gasteiger charge is 2.45. The highest BCUT2D eigenvalue weighted by Crippen LogP contribution is 2.44. The van der Waals surface area contributed by atoms with Crippen LogP contribution in [-0.2, 0) is 10.2 Å². The van der Waals surface area contributed by atoms with Crippen molar-refractivity contribution in [2.45, 2.75) is 31.6 Å². The molecule has 0 aromatic heterocycles. The molecule has 1 amide bonds. The molecule has 3 rings (SSSR count). The molecule has 1 fully saturated rings. The Balaban J connectivity index is 1.91. The van der Waals surface area contributed by atoms with Gasteiger partial charge in [0.2, 0.25) is 5.91 Å². The Kier molecular flexibility index (Phi) is 3.69. The van der Waals surface area contributed by atoms with Crippen LogP contribution in [-0.4, -0.2) is 5.91 Å². The minimum absolute atomic E-state index is 0.196. The Morgan fingerprint density at radius 1 is 1.09 bits per heavy atom. The lowest BCUT2D eigenvalue weighted by Gasteiger charge is -2.40. The van der Waals surface area contributed by atoms with Gasteiger partial charge in [0.15, 0.2) is 0 Å². The largest absolute Gasteiger partial charge is 0.325 e. The quantitative estimate of drug-likeness (QED) is 0.898. The van der Waals surface area contributed by atoms with Crippen molar-refractivity contribution in [3.63, 3.8) is 0 Å². The number of hydrogen-bond acceptors (Lipinski definition) is 1. The molecule has 1 N–H and O–H groups in total. The lowest BCUT2D eigenvalue weighted by atomic mass is 9.63. The highest BCUT2D eigenvalue weighted by atomic mass is 19.1. The predicted molar refractivity (Wildman–Crippen MR) is 81.7 cm³/mol. The van der Waals surface area contributed by atoms with Crippen molar-refractivity contribution in [1.29, 1.82) is 0 Å². The van der Waals surface area contributed by atoms with E-state index in [2.05, 4.69) is 5.32 Å². The van der Waals surface area contributed by atoms with Crippen LogP contribution in [0, 0.1) is 18.6 Å². The topological polar surface area (TPSA) is 29.1 Å². The van der Waals surface area contributed by atoms with Crippen LogP contribution in [0.3, 0.4) is 0 Å². The van der Waals surface area contributed by atoms with Crippen LogP contribution in [0.15, 0.2) is 42.5 Å². The molecule has 0 heterocycles. The third kappa shape index (κ3) is 2.49. The van der Waals surface area contributed by atoms with Crippen molar-refractivity contribution < 1.29 is 13.6 Å². The summed E-state index contributed by atoms with van der Waals surface area (Å²) in [7, 11) is 0. The molecule has 0 unspecified atom stereocenters. The Morgan fingerprint density at radius 3 is 2.45 bits per heavy atom. The second-order valence-electron chi connectivity index (χ2n) is 5.86. The number of nitrogens with one attached hydrogen (secondary N) is 1. The molecule has 2 nitrogen and oxygen atoms in total. The molecule has 1 aliphatic carbocycles. The maximum absolute atomic E-state index is 13.5. The van der Waals surface area contributed by atoms with Crippen molar-refractivity contribution in [3.05, 3.63) is 65.2 Å². The van der Waals surface area contributed by atoms with Crippen LogP contribution in [0.5, 0.6) is 0 Å². The Hall–Kier alpha value is -2.23. The van der Waals surface area contributed by atoms with Crippen molar-refractivity contribution >= 4 is 11.6 Å². The Labute approximate surface area is 128 Å². The van der Waals surface area contributed by atoms with Gasteiger partial charge in [0, 0.05) is 5.69 Å². The van der Waals surface area contributed by atoms with E-state index in [0.717, 1.165) is 12.0 Å². The molecular weight excluding hydrogens is 284 g/mol. The van der Waals surface area contributed by atoms with Gasteiger partial charge < -0.3 is 5.32 Å². The third-order valence-electron chi connectivity index (χ3n) is 4.47. The van der Waals surface area contributed by atoms with Gasteiger partial charge in [-0.15, -0.1) is 0 Å². The first-order valence-corrected chi connectivity index (χ1v) is 7.35. The summed E-state index contributed by atoms with van der Waals surface area (Å²) in [5.41, 5.74) is 1.24. The van der Waals surface area contributed by atoms with Crippen LogP contribution in [0.25, 0.3) is 0 Å². The number of carbonyl (C=O) groups is 1. The van der Waals surface area contributed by atoms with Crippen molar-refractivity contribution in [2.75, 3.05) is 5.32 Å². The second-order valence-corrected chi connectivity index (χ2v) is 5.86. The van der Waals surface area contributed by atoms with E-state index >= 15 is 0 Å². The molecule has 2 aromatic rings. The van der Waals surface area contributed by atoms with E-state index in [-0.39, 0.29) is 11.7 Å². The number of hydrogen-bond donors (Lipinski definition) is 1. The van der Waals surface area contributed by atoms with E-state index in [0.29, 0.717) is 24.1 Å². The van der Waals surface area contributed by atoms with Gasteiger partial charge in [0.1, 0.15) is 11.6 Å². The van der Waals surface area contributed by atoms with Gasteiger partial charge in [0.05, 0.1) is 5.41 Å². The van der Waals surface area contributed by atoms with E-state index in [4.69, 9.17) is 0 Å². The molecule has 4 heteroatoms. The molecule has 114 valence electrons. The average Bonchev–Trinajstić information content (AvgIpc) is 2.42. The van der Waals surface area contributed by atoms with Gasteiger partial charge in [-0.3, -0.25) is 4.79 Å². The van der Waals surface area contributed by atoms with Crippen LogP contribution >= 0.6 is 0 Å². The van der Waals surface area contributed by atoms with Gasteiger partial charge in [-0.25, -0.2) is 8.78 Å². The predicted octanol–water partition coefficient (Wildman–Crippen LogP) is 4.33. The van der Waals surface area contributed by atoms with E-state index in [1.54, 1.807) is 18.2 Å². The van der Waals surface area contributed by atoms with Gasteiger partial charge in [0.25, 0.3) is 0 Å². The fourth-order valence-corrected chi connectivity index (χ4v) is 2.93. The van der Waals surface area contributed by atoms with Crippen LogP contribution < -0.4 is 5.32 Å². The SMILES string of the molecule is Cc1ccc(F)cc1NC(=O)C1(c2cccc(F)c2)CCC1. The molecule has 0 aliphatic heterocycles. The normalized spacial score (nSPS) is 16.0. The van der Waals surface area contributed by atoms with E-state index in [1.165, 1.54) is 24.3 Å². The monoisotopic (exact) mass is 301 g/mol. The van der Waals surface area contributed by atoms with Gasteiger partial charge >= 0.3 is 0 Å². The van der Waals surface area contributed by atoms with Crippen molar-refractivity contribution in [3.8, 4) is 0 Å². The average molecular weight is 301 g/mol. The Bertz CT molecular complexity index is 723. The first kappa shape index (κ1) is 14.7. The number of carbonyl (C=O) groups excluding carboxylic acids is 1. The first-order valence-electron chi connectivity index (χ1n) is 7.35. The fourth-order valence-electron chi connectivity index (χ4n) is 2.93. The zero-order valence-corrected chi connectivity index (χ0v) is 12.3. The maximum atomic E-state index is 13.5. The summed E-state index contributed by atoms with van der Waals surface area (Å²) >= 11 is 0. The second kappa shape index (κ2) is 5.52. The van der Waals surface area contributed by atoms with Crippen LogP contribution in [0.4, 0.5) is 14.5 Å². The lowest BCUT2D eigenvalue weighted by Crippen LogP contribution is -2.46.